The van der Waals surface area contributed by atoms with Gasteiger partial charge in [-0.2, -0.15) is 13.2 Å². The summed E-state index contributed by atoms with van der Waals surface area (Å²) in [4.78, 5) is 12.6. The molecule has 0 spiro atoms. The Bertz CT molecular complexity index is 955. The van der Waals surface area contributed by atoms with E-state index in [0.717, 1.165) is 12.1 Å². The molecule has 0 aliphatic heterocycles. The van der Waals surface area contributed by atoms with Crippen LogP contribution >= 0.6 is 0 Å². The first-order chi connectivity index (χ1) is 13.0. The molecule has 9 heteroatoms. The second-order valence-electron chi connectivity index (χ2n) is 6.29. The number of alkyl halides is 3. The zero-order valence-electron chi connectivity index (χ0n) is 15.6. The molecule has 1 amide bonds. The number of aryl methyl sites for hydroxylation is 1. The third-order valence-electron chi connectivity index (χ3n) is 4.18. The Balaban J connectivity index is 2.22. The van der Waals surface area contributed by atoms with Crippen molar-refractivity contribution >= 4 is 15.9 Å². The third-order valence-corrected chi connectivity index (χ3v) is 5.73. The second kappa shape index (κ2) is 8.32. The summed E-state index contributed by atoms with van der Waals surface area (Å²) in [6, 6.07) is 8.15. The molecule has 0 aliphatic carbocycles. The van der Waals surface area contributed by atoms with Gasteiger partial charge in [0.1, 0.15) is 0 Å². The van der Waals surface area contributed by atoms with Crippen LogP contribution in [0, 0.1) is 6.92 Å². The Morgan fingerprint density at radius 1 is 1.11 bits per heavy atom. The van der Waals surface area contributed by atoms with Gasteiger partial charge in [-0.05, 0) is 49.2 Å². The summed E-state index contributed by atoms with van der Waals surface area (Å²) in [7, 11) is -3.72. The van der Waals surface area contributed by atoms with E-state index in [-0.39, 0.29) is 17.0 Å². The molecule has 5 nitrogen and oxygen atoms in total. The number of nitrogens with one attached hydrogen (secondary N) is 2. The minimum absolute atomic E-state index is 0.0349. The smallest absolute Gasteiger partial charge is 0.346 e. The maximum atomic E-state index is 12.7. The van der Waals surface area contributed by atoms with Gasteiger partial charge in [0.2, 0.25) is 10.0 Å². The maximum absolute atomic E-state index is 12.7. The lowest BCUT2D eigenvalue weighted by Crippen LogP contribution is -2.28. The molecule has 2 aromatic carbocycles. The summed E-state index contributed by atoms with van der Waals surface area (Å²) < 4.78 is 64.6. The lowest BCUT2D eigenvalue weighted by Gasteiger charge is -2.17. The van der Waals surface area contributed by atoms with Gasteiger partial charge in [0.05, 0.1) is 16.5 Å². The average molecular weight is 414 g/mol. The predicted molar refractivity (Wildman–Crippen MR) is 99.4 cm³/mol. The Morgan fingerprint density at radius 2 is 1.71 bits per heavy atom. The number of sulfonamides is 1. The van der Waals surface area contributed by atoms with Crippen LogP contribution in [0.15, 0.2) is 47.4 Å². The summed E-state index contributed by atoms with van der Waals surface area (Å²) in [6.45, 7) is 5.16. The van der Waals surface area contributed by atoms with Gasteiger partial charge in [0.25, 0.3) is 5.91 Å². The maximum Gasteiger partial charge on any atom is 0.416 e. The quantitative estimate of drug-likeness (QED) is 0.755. The molecule has 0 fully saturated rings. The number of carbonyl (C=O) groups is 1. The van der Waals surface area contributed by atoms with E-state index in [2.05, 4.69) is 10.0 Å². The first kappa shape index (κ1) is 21.9. The minimum atomic E-state index is -4.43. The summed E-state index contributed by atoms with van der Waals surface area (Å²) in [5, 5.41) is 2.69. The second-order valence-corrected chi connectivity index (χ2v) is 8.06. The Morgan fingerprint density at radius 3 is 2.25 bits per heavy atom. The van der Waals surface area contributed by atoms with Crippen LogP contribution in [0.2, 0.25) is 0 Å². The number of benzene rings is 2. The van der Waals surface area contributed by atoms with Crippen molar-refractivity contribution in [3.05, 3.63) is 64.7 Å². The van der Waals surface area contributed by atoms with Crippen molar-refractivity contribution in [1.29, 1.82) is 0 Å². The van der Waals surface area contributed by atoms with Crippen LogP contribution in [-0.2, 0) is 16.2 Å². The molecule has 2 aromatic rings. The van der Waals surface area contributed by atoms with Crippen LogP contribution in [0.4, 0.5) is 13.2 Å². The van der Waals surface area contributed by atoms with E-state index in [1.807, 2.05) is 0 Å². The number of amides is 1. The number of carbonyl (C=O) groups excluding carboxylic acids is 1. The fourth-order valence-electron chi connectivity index (χ4n) is 2.60. The first-order valence-electron chi connectivity index (χ1n) is 8.54. The summed E-state index contributed by atoms with van der Waals surface area (Å²) >= 11 is 0. The zero-order chi connectivity index (χ0) is 21.1. The van der Waals surface area contributed by atoms with E-state index in [1.54, 1.807) is 20.8 Å². The van der Waals surface area contributed by atoms with E-state index in [9.17, 15) is 26.4 Å². The van der Waals surface area contributed by atoms with Crippen molar-refractivity contribution in [3.63, 3.8) is 0 Å². The van der Waals surface area contributed by atoms with E-state index in [1.165, 1.54) is 30.3 Å². The van der Waals surface area contributed by atoms with Crippen molar-refractivity contribution in [2.75, 3.05) is 6.54 Å². The van der Waals surface area contributed by atoms with Gasteiger partial charge in [-0.3, -0.25) is 4.79 Å². The van der Waals surface area contributed by atoms with Gasteiger partial charge in [-0.15, -0.1) is 0 Å². The molecular weight excluding hydrogens is 393 g/mol. The molecule has 152 valence electrons. The van der Waals surface area contributed by atoms with Crippen LogP contribution in [0.1, 0.15) is 46.9 Å². The lowest BCUT2D eigenvalue weighted by molar-refractivity contribution is -0.137. The van der Waals surface area contributed by atoms with E-state index < -0.39 is 33.7 Å². The molecule has 2 N–H and O–H groups in total. The Kier molecular flexibility index (Phi) is 6.51. The topological polar surface area (TPSA) is 75.3 Å². The van der Waals surface area contributed by atoms with Gasteiger partial charge in [-0.25, -0.2) is 13.1 Å². The van der Waals surface area contributed by atoms with Crippen LogP contribution < -0.4 is 10.0 Å². The van der Waals surface area contributed by atoms with Crippen molar-refractivity contribution in [3.8, 4) is 0 Å². The standard InChI is InChI=1S/C19H21F3N2O3S/c1-4-23-28(26,27)16-10-5-12(2)17(11-16)18(25)24-13(3)14-6-8-15(9-7-14)19(20,21)22/h5-11,13,23H,4H2,1-3H3,(H,24,25). The highest BCUT2D eigenvalue weighted by Gasteiger charge is 2.30. The number of halogens is 3. The Labute approximate surface area is 162 Å². The highest BCUT2D eigenvalue weighted by Crippen LogP contribution is 2.30. The normalized spacial score (nSPS) is 13.2. The molecule has 2 rings (SSSR count). The number of hydrogen-bond acceptors (Lipinski definition) is 3. The van der Waals surface area contributed by atoms with Crippen molar-refractivity contribution in [1.82, 2.24) is 10.0 Å². The largest absolute Gasteiger partial charge is 0.416 e. The average Bonchev–Trinajstić information content (AvgIpc) is 2.61. The number of rotatable bonds is 6. The van der Waals surface area contributed by atoms with Crippen LogP contribution in [0.3, 0.4) is 0 Å². The van der Waals surface area contributed by atoms with Gasteiger partial charge < -0.3 is 5.32 Å². The molecule has 1 atom stereocenters. The van der Waals surface area contributed by atoms with Gasteiger partial charge in [0.15, 0.2) is 0 Å². The fraction of sp³-hybridized carbons (Fsp3) is 0.316. The molecule has 0 aromatic heterocycles. The molecule has 0 saturated carbocycles. The van der Waals surface area contributed by atoms with E-state index >= 15 is 0 Å². The molecule has 0 saturated heterocycles. The van der Waals surface area contributed by atoms with Crippen molar-refractivity contribution < 1.29 is 26.4 Å². The Hall–Kier alpha value is -2.39. The summed E-state index contributed by atoms with van der Waals surface area (Å²) in [6.07, 6.45) is -4.43. The molecule has 0 radical (unpaired) electrons. The van der Waals surface area contributed by atoms with Gasteiger partial charge in [0, 0.05) is 12.1 Å². The molecule has 28 heavy (non-hydrogen) atoms. The molecular formula is C19H21F3N2O3S. The molecule has 0 heterocycles. The van der Waals surface area contributed by atoms with E-state index in [0.29, 0.717) is 11.1 Å². The van der Waals surface area contributed by atoms with Crippen LogP contribution in [-0.4, -0.2) is 20.9 Å². The van der Waals surface area contributed by atoms with Crippen LogP contribution in [0.5, 0.6) is 0 Å². The van der Waals surface area contributed by atoms with Crippen LogP contribution in [0.25, 0.3) is 0 Å². The molecule has 1 unspecified atom stereocenters. The fourth-order valence-corrected chi connectivity index (χ4v) is 3.67. The lowest BCUT2D eigenvalue weighted by atomic mass is 10.0. The molecule has 0 bridgehead atoms. The third kappa shape index (κ3) is 5.11. The van der Waals surface area contributed by atoms with Gasteiger partial charge >= 0.3 is 6.18 Å². The highest BCUT2D eigenvalue weighted by molar-refractivity contribution is 7.89. The van der Waals surface area contributed by atoms with Gasteiger partial charge in [-0.1, -0.05) is 25.1 Å². The van der Waals surface area contributed by atoms with Crippen molar-refractivity contribution in [2.45, 2.75) is 37.9 Å². The predicted octanol–water partition coefficient (Wildman–Crippen LogP) is 3.80. The van der Waals surface area contributed by atoms with Crippen molar-refractivity contribution in [2.24, 2.45) is 0 Å². The van der Waals surface area contributed by atoms with E-state index in [4.69, 9.17) is 0 Å². The highest BCUT2D eigenvalue weighted by atomic mass is 32.2. The first-order valence-corrected chi connectivity index (χ1v) is 10.0. The summed E-state index contributed by atoms with van der Waals surface area (Å²) in [5.74, 6) is -0.515. The summed E-state index contributed by atoms with van der Waals surface area (Å²) in [5.41, 5.74) is 0.479. The zero-order valence-corrected chi connectivity index (χ0v) is 16.4. The monoisotopic (exact) mass is 414 g/mol. The minimum Gasteiger partial charge on any atom is -0.346 e. The number of hydrogen-bond donors (Lipinski definition) is 2. The molecule has 0 aliphatic rings. The SMILES string of the molecule is CCNS(=O)(=O)c1ccc(C)c(C(=O)NC(C)c2ccc(C(F)(F)F)cc2)c1.